The van der Waals surface area contributed by atoms with E-state index < -0.39 is 0 Å². The van der Waals surface area contributed by atoms with Crippen molar-refractivity contribution in [3.8, 4) is 0 Å². The Hall–Kier alpha value is -3.02. The van der Waals surface area contributed by atoms with E-state index in [1.54, 1.807) is 24.3 Å². The molecule has 2 aromatic rings. The molecular formula is C22H20N2O4. The van der Waals surface area contributed by atoms with E-state index in [-0.39, 0.29) is 37.5 Å². The number of benzene rings is 2. The lowest BCUT2D eigenvalue weighted by atomic mass is 9.54. The number of non-ortho nitro benzene ring substituents is 2. The molecule has 4 atom stereocenters. The van der Waals surface area contributed by atoms with E-state index >= 15 is 0 Å². The van der Waals surface area contributed by atoms with E-state index in [2.05, 4.69) is 26.0 Å². The minimum Gasteiger partial charge on any atom is -0.258 e. The predicted molar refractivity (Wildman–Crippen MR) is 104 cm³/mol. The summed E-state index contributed by atoms with van der Waals surface area (Å²) in [6, 6.07) is 14.0. The van der Waals surface area contributed by atoms with Gasteiger partial charge in [-0.2, -0.15) is 0 Å². The summed E-state index contributed by atoms with van der Waals surface area (Å²) in [6.45, 7) is 4.53. The van der Waals surface area contributed by atoms with Gasteiger partial charge in [0.2, 0.25) is 0 Å². The first kappa shape index (κ1) is 17.1. The molecular weight excluding hydrogens is 356 g/mol. The summed E-state index contributed by atoms with van der Waals surface area (Å²) in [5.74, 6) is 0.846. The lowest BCUT2D eigenvalue weighted by molar-refractivity contribution is -0.385. The molecule has 0 N–H and O–H groups in total. The van der Waals surface area contributed by atoms with Crippen LogP contribution in [0.15, 0.2) is 60.7 Å². The first-order chi connectivity index (χ1) is 13.3. The fourth-order valence-electron chi connectivity index (χ4n) is 7.10. The fraction of sp³-hybridized carbons (Fsp3) is 0.364. The van der Waals surface area contributed by atoms with Crippen LogP contribution in [0.2, 0.25) is 0 Å². The minimum absolute atomic E-state index is 0.0492. The van der Waals surface area contributed by atoms with Crippen LogP contribution in [0.1, 0.15) is 31.4 Å². The Labute approximate surface area is 162 Å². The number of fused-ring (bicyclic) bond motifs is 4. The Bertz CT molecular complexity index is 1040. The average Bonchev–Trinajstić information content (AvgIpc) is 2.90. The second-order valence-corrected chi connectivity index (χ2v) is 8.65. The fourth-order valence-corrected chi connectivity index (χ4v) is 7.10. The van der Waals surface area contributed by atoms with Crippen LogP contribution in [0.4, 0.5) is 11.4 Å². The summed E-state index contributed by atoms with van der Waals surface area (Å²) in [6.07, 6.45) is 5.53. The van der Waals surface area contributed by atoms with Gasteiger partial charge in [-0.3, -0.25) is 20.2 Å². The van der Waals surface area contributed by atoms with Crippen molar-refractivity contribution in [1.82, 2.24) is 0 Å². The second-order valence-electron chi connectivity index (χ2n) is 8.65. The second kappa shape index (κ2) is 5.07. The van der Waals surface area contributed by atoms with E-state index in [1.165, 1.54) is 0 Å². The van der Waals surface area contributed by atoms with Crippen molar-refractivity contribution in [2.24, 2.45) is 17.3 Å². The molecule has 0 unspecified atom stereocenters. The molecule has 0 aliphatic heterocycles. The number of nitrogens with zero attached hydrogens (tertiary/aromatic N) is 2. The largest absolute Gasteiger partial charge is 0.269 e. The molecule has 0 saturated heterocycles. The molecule has 0 amide bonds. The smallest absolute Gasteiger partial charge is 0.258 e. The number of nitro groups is 2. The van der Waals surface area contributed by atoms with Gasteiger partial charge in [-0.25, -0.2) is 0 Å². The van der Waals surface area contributed by atoms with Gasteiger partial charge >= 0.3 is 0 Å². The van der Waals surface area contributed by atoms with Crippen LogP contribution in [0.3, 0.4) is 0 Å². The Kier molecular flexibility index (Phi) is 3.10. The molecule has 142 valence electrons. The highest BCUT2D eigenvalue weighted by molar-refractivity contribution is 5.67. The summed E-state index contributed by atoms with van der Waals surface area (Å²) in [4.78, 5) is 21.4. The molecule has 0 bridgehead atoms. The maximum atomic E-state index is 11.1. The van der Waals surface area contributed by atoms with Gasteiger partial charge in [0.1, 0.15) is 0 Å². The van der Waals surface area contributed by atoms with Crippen molar-refractivity contribution < 1.29 is 9.85 Å². The Morgan fingerprint density at radius 2 is 1.29 bits per heavy atom. The zero-order valence-corrected chi connectivity index (χ0v) is 15.7. The number of allylic oxidation sites excluding steroid dienone is 2. The summed E-state index contributed by atoms with van der Waals surface area (Å²) < 4.78 is 0. The Balaban J connectivity index is 1.66. The lowest BCUT2D eigenvalue weighted by Gasteiger charge is -2.48. The van der Waals surface area contributed by atoms with Crippen LogP contribution in [0.25, 0.3) is 0 Å². The molecule has 0 heterocycles. The zero-order valence-electron chi connectivity index (χ0n) is 15.7. The van der Waals surface area contributed by atoms with E-state index in [0.29, 0.717) is 11.8 Å². The highest BCUT2D eigenvalue weighted by Gasteiger charge is 2.95. The molecule has 3 aliphatic carbocycles. The van der Waals surface area contributed by atoms with Gasteiger partial charge in [0, 0.05) is 35.1 Å². The van der Waals surface area contributed by atoms with Crippen molar-refractivity contribution >= 4 is 11.4 Å². The van der Waals surface area contributed by atoms with E-state index in [0.717, 1.165) is 17.5 Å². The molecule has 2 fully saturated rings. The molecule has 3 aliphatic rings. The molecule has 6 heteroatoms. The molecule has 5 rings (SSSR count). The van der Waals surface area contributed by atoms with E-state index in [9.17, 15) is 20.2 Å². The number of hydrogen-bond acceptors (Lipinski definition) is 4. The zero-order chi connectivity index (χ0) is 19.9. The van der Waals surface area contributed by atoms with Gasteiger partial charge in [-0.15, -0.1) is 0 Å². The number of nitro benzene ring substituents is 2. The molecule has 6 nitrogen and oxygen atoms in total. The van der Waals surface area contributed by atoms with Crippen LogP contribution in [-0.4, -0.2) is 9.85 Å². The van der Waals surface area contributed by atoms with Gasteiger partial charge in [0.15, 0.2) is 0 Å². The average molecular weight is 376 g/mol. The summed E-state index contributed by atoms with van der Waals surface area (Å²) in [7, 11) is 0. The molecule has 0 radical (unpaired) electrons. The van der Waals surface area contributed by atoms with E-state index in [4.69, 9.17) is 0 Å². The van der Waals surface area contributed by atoms with Crippen molar-refractivity contribution in [3.05, 3.63) is 92.0 Å². The highest BCUT2D eigenvalue weighted by Crippen LogP contribution is 2.94. The maximum absolute atomic E-state index is 11.1. The maximum Gasteiger partial charge on any atom is 0.269 e. The van der Waals surface area contributed by atoms with Gasteiger partial charge < -0.3 is 0 Å². The molecule has 2 aromatic carbocycles. The molecule has 28 heavy (non-hydrogen) atoms. The summed E-state index contributed by atoms with van der Waals surface area (Å²) in [5, 5.41) is 22.2. The quantitative estimate of drug-likeness (QED) is 0.430. The SMILES string of the molecule is CC1(C)[C@]2(c3ccc([N+](=O)[O-])cc3)[C@H]3CC=C[C@H]3[C@]12c1ccc([N+](=O)[O-])cc1. The first-order valence-corrected chi connectivity index (χ1v) is 9.46. The van der Waals surface area contributed by atoms with Crippen LogP contribution < -0.4 is 0 Å². The molecule has 0 spiro atoms. The monoisotopic (exact) mass is 376 g/mol. The van der Waals surface area contributed by atoms with Crippen molar-refractivity contribution in [3.63, 3.8) is 0 Å². The highest BCUT2D eigenvalue weighted by atomic mass is 16.6. The van der Waals surface area contributed by atoms with E-state index in [1.807, 2.05) is 24.3 Å². The van der Waals surface area contributed by atoms with Crippen molar-refractivity contribution in [2.45, 2.75) is 31.1 Å². The number of hydrogen-bond donors (Lipinski definition) is 0. The molecule has 0 aromatic heterocycles. The lowest BCUT2D eigenvalue weighted by Crippen LogP contribution is -2.49. The van der Waals surface area contributed by atoms with Crippen LogP contribution in [0.5, 0.6) is 0 Å². The topological polar surface area (TPSA) is 86.3 Å². The third kappa shape index (κ3) is 1.57. The molecule has 2 saturated carbocycles. The number of rotatable bonds is 4. The van der Waals surface area contributed by atoms with Crippen molar-refractivity contribution in [1.29, 1.82) is 0 Å². The third-order valence-electron chi connectivity index (χ3n) is 7.82. The predicted octanol–water partition coefficient (Wildman–Crippen LogP) is 4.92. The van der Waals surface area contributed by atoms with Crippen LogP contribution in [-0.2, 0) is 10.8 Å². The first-order valence-electron chi connectivity index (χ1n) is 9.46. The Morgan fingerprint density at radius 1 is 0.821 bits per heavy atom. The van der Waals surface area contributed by atoms with Crippen LogP contribution >= 0.6 is 0 Å². The van der Waals surface area contributed by atoms with Gasteiger partial charge in [-0.05, 0) is 34.8 Å². The van der Waals surface area contributed by atoms with Crippen molar-refractivity contribution in [2.75, 3.05) is 0 Å². The van der Waals surface area contributed by atoms with Crippen LogP contribution in [0, 0.1) is 37.5 Å². The summed E-state index contributed by atoms with van der Waals surface area (Å²) in [5.41, 5.74) is 2.15. The standard InChI is InChI=1S/C22H20N2O4/c1-20(2)21(14-6-10-16(11-7-14)23(25)26)18-4-3-5-19(18)22(20,21)15-8-12-17(13-9-15)24(27)28/h3-4,6-13,18-19H,5H2,1-2H3/t18-,19+,21-,22+/m1/s1. The van der Waals surface area contributed by atoms with Gasteiger partial charge in [0.25, 0.3) is 11.4 Å². The minimum atomic E-state index is -0.373. The van der Waals surface area contributed by atoms with Gasteiger partial charge in [0.05, 0.1) is 9.85 Å². The Morgan fingerprint density at radius 3 is 1.75 bits per heavy atom. The normalized spacial score (nSPS) is 33.5. The van der Waals surface area contributed by atoms with Gasteiger partial charge in [-0.1, -0.05) is 50.3 Å². The third-order valence-corrected chi connectivity index (χ3v) is 7.82. The summed E-state index contributed by atoms with van der Waals surface area (Å²) >= 11 is 0.